The van der Waals surface area contributed by atoms with E-state index < -0.39 is 0 Å². The van der Waals surface area contributed by atoms with Gasteiger partial charge in [-0.15, -0.1) is 11.3 Å². The number of nitriles is 2. The fraction of sp³-hybridized carbons (Fsp3) is 0. The first kappa shape index (κ1) is 27.1. The summed E-state index contributed by atoms with van der Waals surface area (Å²) in [7, 11) is 0. The minimum Gasteiger partial charge on any atom is -0.455 e. The first-order valence-electron chi connectivity index (χ1n) is 16.4. The van der Waals surface area contributed by atoms with Crippen molar-refractivity contribution in [2.24, 2.45) is 0 Å². The Morgan fingerprint density at radius 2 is 1.08 bits per heavy atom. The van der Waals surface area contributed by atoms with Crippen LogP contribution in [-0.2, 0) is 0 Å². The summed E-state index contributed by atoms with van der Waals surface area (Å²) in [4.78, 5) is 0. The molecule has 11 aromatic rings. The molecule has 0 aliphatic heterocycles. The zero-order valence-corrected chi connectivity index (χ0v) is 27.1. The number of thiophene rings is 1. The highest BCUT2D eigenvalue weighted by Crippen LogP contribution is 2.42. The van der Waals surface area contributed by atoms with Gasteiger partial charge in [-0.25, -0.2) is 0 Å². The van der Waals surface area contributed by atoms with Crippen molar-refractivity contribution in [3.05, 3.63) is 145 Å². The van der Waals surface area contributed by atoms with Gasteiger partial charge in [0.2, 0.25) is 0 Å². The van der Waals surface area contributed by atoms with Crippen LogP contribution in [0.15, 0.2) is 138 Å². The zero-order valence-electron chi connectivity index (χ0n) is 26.3. The predicted octanol–water partition coefficient (Wildman–Crippen LogP) is 11.9. The van der Waals surface area contributed by atoms with E-state index in [9.17, 15) is 10.5 Å². The lowest BCUT2D eigenvalue weighted by molar-refractivity contribution is 0.668. The first-order chi connectivity index (χ1) is 24.7. The normalized spacial score (nSPS) is 12.0. The molecule has 5 nitrogen and oxygen atoms in total. The van der Waals surface area contributed by atoms with Crippen molar-refractivity contribution >= 4 is 97.1 Å². The second-order valence-electron chi connectivity index (χ2n) is 12.8. The summed E-state index contributed by atoms with van der Waals surface area (Å²) in [6.45, 7) is 0. The maximum atomic E-state index is 9.75. The number of furan rings is 1. The SMILES string of the molecule is N#Cc1ccc2c(c1)c1ccccc1n2-c1ccc2sc3ccc(-n4c5ccccc5c5cc6c(cc54)oc4c(C#N)cccc46)cc3c2c1. The maximum Gasteiger partial charge on any atom is 0.153 e. The molecule has 7 aromatic carbocycles. The van der Waals surface area contributed by atoms with Gasteiger partial charge in [0.15, 0.2) is 5.58 Å². The summed E-state index contributed by atoms with van der Waals surface area (Å²) in [5.74, 6) is 0. The predicted molar refractivity (Wildman–Crippen MR) is 205 cm³/mol. The van der Waals surface area contributed by atoms with Crippen LogP contribution in [-0.4, -0.2) is 9.13 Å². The van der Waals surface area contributed by atoms with E-state index in [0.29, 0.717) is 16.7 Å². The molecule has 0 saturated carbocycles. The summed E-state index contributed by atoms with van der Waals surface area (Å²) >= 11 is 1.80. The van der Waals surface area contributed by atoms with Crippen molar-refractivity contribution in [1.82, 2.24) is 9.13 Å². The van der Waals surface area contributed by atoms with Gasteiger partial charge in [0.1, 0.15) is 11.7 Å². The van der Waals surface area contributed by atoms with E-state index in [1.807, 2.05) is 24.3 Å². The van der Waals surface area contributed by atoms with Crippen LogP contribution in [0, 0.1) is 22.7 Å². The van der Waals surface area contributed by atoms with Crippen molar-refractivity contribution in [3.63, 3.8) is 0 Å². The van der Waals surface area contributed by atoms with Crippen LogP contribution in [0.25, 0.3) is 97.1 Å². The second-order valence-corrected chi connectivity index (χ2v) is 13.9. The van der Waals surface area contributed by atoms with E-state index in [0.717, 1.165) is 66.0 Å². The standard InChI is InChI=1S/C44H22N4OS/c45-23-25-12-15-39-32(18-25)29-7-1-3-10-37(29)47(39)27-13-16-42-35(19-27)36-20-28(14-17-43(36)50-42)48-38-11-4-2-8-30(38)33-21-34-31-9-5-6-26(24-46)44(31)49-41(34)22-40(33)48/h1-22H. The van der Waals surface area contributed by atoms with Gasteiger partial charge in [-0.3, -0.25) is 0 Å². The van der Waals surface area contributed by atoms with Gasteiger partial charge >= 0.3 is 0 Å². The number of para-hydroxylation sites is 3. The average molecular weight is 655 g/mol. The molecule has 50 heavy (non-hydrogen) atoms. The average Bonchev–Trinajstić information content (AvgIpc) is 3.90. The number of rotatable bonds is 2. The van der Waals surface area contributed by atoms with E-state index >= 15 is 0 Å². The summed E-state index contributed by atoms with van der Waals surface area (Å²) in [6, 6.07) is 51.1. The highest BCUT2D eigenvalue weighted by Gasteiger charge is 2.19. The van der Waals surface area contributed by atoms with Gasteiger partial charge in [-0.1, -0.05) is 48.5 Å². The number of fused-ring (bicyclic) bond motifs is 12. The number of aromatic nitrogens is 2. The summed E-state index contributed by atoms with van der Waals surface area (Å²) in [5, 5.41) is 28.2. The Hall–Kier alpha value is -6.86. The Bertz CT molecular complexity index is 3360. The molecule has 0 amide bonds. The van der Waals surface area contributed by atoms with Crippen molar-refractivity contribution in [2.45, 2.75) is 0 Å². The maximum absolute atomic E-state index is 9.75. The third kappa shape index (κ3) is 3.58. The molecule has 0 atom stereocenters. The first-order valence-corrected chi connectivity index (χ1v) is 17.2. The summed E-state index contributed by atoms with van der Waals surface area (Å²) in [5.41, 5.74) is 9.11. The zero-order chi connectivity index (χ0) is 33.1. The molecule has 230 valence electrons. The quantitative estimate of drug-likeness (QED) is 0.186. The molecule has 0 fully saturated rings. The van der Waals surface area contributed by atoms with E-state index in [1.165, 1.54) is 25.6 Å². The molecule has 0 aliphatic carbocycles. The lowest BCUT2D eigenvalue weighted by atomic mass is 10.1. The lowest BCUT2D eigenvalue weighted by Crippen LogP contribution is -1.94. The molecule has 0 saturated heterocycles. The van der Waals surface area contributed by atoms with Crippen molar-refractivity contribution in [1.29, 1.82) is 10.5 Å². The minimum absolute atomic E-state index is 0.540. The lowest BCUT2D eigenvalue weighted by Gasteiger charge is -2.10. The van der Waals surface area contributed by atoms with E-state index in [2.05, 4.69) is 124 Å². The molecule has 0 spiro atoms. The second kappa shape index (κ2) is 9.84. The van der Waals surface area contributed by atoms with E-state index in [-0.39, 0.29) is 0 Å². The highest BCUT2D eigenvalue weighted by molar-refractivity contribution is 7.25. The van der Waals surface area contributed by atoms with Gasteiger partial charge < -0.3 is 13.6 Å². The molecular formula is C44H22N4OS. The summed E-state index contributed by atoms with van der Waals surface area (Å²) < 4.78 is 13.4. The monoisotopic (exact) mass is 654 g/mol. The van der Waals surface area contributed by atoms with Gasteiger partial charge in [0, 0.05) is 69.9 Å². The van der Waals surface area contributed by atoms with Crippen LogP contribution in [0.1, 0.15) is 11.1 Å². The Morgan fingerprint density at radius 1 is 0.460 bits per heavy atom. The molecule has 0 aliphatic rings. The molecule has 6 heteroatoms. The van der Waals surface area contributed by atoms with Crippen LogP contribution >= 0.6 is 11.3 Å². The van der Waals surface area contributed by atoms with Crippen LogP contribution < -0.4 is 0 Å². The molecule has 0 radical (unpaired) electrons. The Morgan fingerprint density at radius 3 is 1.76 bits per heavy atom. The molecule has 4 heterocycles. The van der Waals surface area contributed by atoms with E-state index in [1.54, 1.807) is 17.4 Å². The van der Waals surface area contributed by atoms with Crippen LogP contribution in [0.3, 0.4) is 0 Å². The number of hydrogen-bond donors (Lipinski definition) is 0. The number of benzene rings is 7. The van der Waals surface area contributed by atoms with Crippen molar-refractivity contribution in [2.75, 3.05) is 0 Å². The fourth-order valence-electron chi connectivity index (χ4n) is 7.98. The molecule has 0 unspecified atom stereocenters. The summed E-state index contributed by atoms with van der Waals surface area (Å²) in [6.07, 6.45) is 0. The van der Waals surface area contributed by atoms with Crippen LogP contribution in [0.5, 0.6) is 0 Å². The molecule has 0 N–H and O–H groups in total. The van der Waals surface area contributed by atoms with Crippen molar-refractivity contribution < 1.29 is 4.42 Å². The minimum atomic E-state index is 0.540. The van der Waals surface area contributed by atoms with Gasteiger partial charge in [-0.05, 0) is 78.9 Å². The third-order valence-corrected chi connectivity index (χ3v) is 11.3. The van der Waals surface area contributed by atoms with E-state index in [4.69, 9.17) is 4.42 Å². The molecule has 0 bridgehead atoms. The highest BCUT2D eigenvalue weighted by atomic mass is 32.1. The molecular weight excluding hydrogens is 633 g/mol. The van der Waals surface area contributed by atoms with Gasteiger partial charge in [0.05, 0.1) is 39.3 Å². The van der Waals surface area contributed by atoms with Gasteiger partial charge in [-0.2, -0.15) is 10.5 Å². The smallest absolute Gasteiger partial charge is 0.153 e. The molecule has 4 aromatic heterocycles. The Kier molecular flexibility index (Phi) is 5.34. The fourth-order valence-corrected chi connectivity index (χ4v) is 9.05. The third-order valence-electron chi connectivity index (χ3n) is 10.2. The van der Waals surface area contributed by atoms with Crippen LogP contribution in [0.4, 0.5) is 0 Å². The number of hydrogen-bond acceptors (Lipinski definition) is 4. The van der Waals surface area contributed by atoms with Gasteiger partial charge in [0.25, 0.3) is 0 Å². The molecule has 11 rings (SSSR count). The number of nitrogens with zero attached hydrogens (tertiary/aromatic N) is 4. The largest absolute Gasteiger partial charge is 0.455 e. The topological polar surface area (TPSA) is 70.6 Å². The Balaban J connectivity index is 1.16. The van der Waals surface area contributed by atoms with Crippen molar-refractivity contribution in [3.8, 4) is 23.5 Å². The Labute approximate surface area is 288 Å². The van der Waals surface area contributed by atoms with Crippen LogP contribution in [0.2, 0.25) is 0 Å².